The van der Waals surface area contributed by atoms with E-state index in [2.05, 4.69) is 12.6 Å². The molecule has 0 unspecified atom stereocenters. The van der Waals surface area contributed by atoms with Gasteiger partial charge in [0.25, 0.3) is 0 Å². The topological polar surface area (TPSA) is 34.1 Å². The number of ketones is 2. The van der Waals surface area contributed by atoms with Crippen LogP contribution in [-0.2, 0) is 0 Å². The van der Waals surface area contributed by atoms with Gasteiger partial charge in [0.15, 0.2) is 11.6 Å². The van der Waals surface area contributed by atoms with Crippen LogP contribution in [0.1, 0.15) is 37.4 Å². The predicted molar refractivity (Wildman–Crippen MR) is 71.7 cm³/mol. The van der Waals surface area contributed by atoms with Crippen molar-refractivity contribution in [3.05, 3.63) is 64.2 Å². The van der Waals surface area contributed by atoms with Gasteiger partial charge in [-0.2, -0.15) is 0 Å². The molecule has 0 heterocycles. The second-order valence-electron chi connectivity index (χ2n) is 4.39. The first-order valence-electron chi connectivity index (χ1n) is 5.61. The molecule has 0 aromatic heterocycles. The first-order valence-corrected chi connectivity index (χ1v) is 6.06. The van der Waals surface area contributed by atoms with Crippen molar-refractivity contribution in [3.63, 3.8) is 0 Å². The standard InChI is InChI=1S/C15H10O2S/c1-8-6-11-12(7-13(8)18)15(17)10-5-3-2-4-9(10)14(11)16/h2-7,18H,1H3. The highest BCUT2D eigenvalue weighted by Gasteiger charge is 2.29. The summed E-state index contributed by atoms with van der Waals surface area (Å²) in [6, 6.07) is 10.4. The van der Waals surface area contributed by atoms with Crippen molar-refractivity contribution in [1.29, 1.82) is 0 Å². The molecule has 2 nitrogen and oxygen atoms in total. The molecule has 0 N–H and O–H groups in total. The molecule has 2 aromatic rings. The van der Waals surface area contributed by atoms with Gasteiger partial charge in [-0.3, -0.25) is 9.59 Å². The summed E-state index contributed by atoms with van der Waals surface area (Å²) in [4.78, 5) is 25.4. The average molecular weight is 254 g/mol. The Labute approximate surface area is 110 Å². The Hall–Kier alpha value is -1.87. The number of benzene rings is 2. The first-order chi connectivity index (χ1) is 8.59. The molecule has 2 aromatic carbocycles. The van der Waals surface area contributed by atoms with Crippen molar-refractivity contribution in [2.24, 2.45) is 0 Å². The normalized spacial score (nSPS) is 13.2. The lowest BCUT2D eigenvalue weighted by Crippen LogP contribution is -2.21. The van der Waals surface area contributed by atoms with Crippen LogP contribution in [0.3, 0.4) is 0 Å². The van der Waals surface area contributed by atoms with Crippen LogP contribution in [0.4, 0.5) is 0 Å². The van der Waals surface area contributed by atoms with Crippen LogP contribution in [0.5, 0.6) is 0 Å². The van der Waals surface area contributed by atoms with E-state index >= 15 is 0 Å². The van der Waals surface area contributed by atoms with Gasteiger partial charge in [0.1, 0.15) is 0 Å². The fourth-order valence-corrected chi connectivity index (χ4v) is 2.44. The highest BCUT2D eigenvalue weighted by molar-refractivity contribution is 7.80. The molecule has 0 atom stereocenters. The van der Waals surface area contributed by atoms with Gasteiger partial charge >= 0.3 is 0 Å². The van der Waals surface area contributed by atoms with E-state index in [4.69, 9.17) is 0 Å². The van der Waals surface area contributed by atoms with E-state index in [0.717, 1.165) is 10.5 Å². The molecule has 1 aliphatic rings. The first kappa shape index (κ1) is 11.2. The third-order valence-electron chi connectivity index (χ3n) is 3.24. The Morgan fingerprint density at radius 3 is 1.89 bits per heavy atom. The highest BCUT2D eigenvalue weighted by atomic mass is 32.1. The van der Waals surface area contributed by atoms with E-state index in [0.29, 0.717) is 22.3 Å². The summed E-state index contributed by atoms with van der Waals surface area (Å²) in [6.07, 6.45) is 0. The highest BCUT2D eigenvalue weighted by Crippen LogP contribution is 2.30. The lowest BCUT2D eigenvalue weighted by molar-refractivity contribution is 0.0979. The molecule has 0 aliphatic heterocycles. The quantitative estimate of drug-likeness (QED) is 0.626. The van der Waals surface area contributed by atoms with E-state index in [-0.39, 0.29) is 11.6 Å². The Morgan fingerprint density at radius 1 is 0.833 bits per heavy atom. The Balaban J connectivity index is 2.34. The molecule has 0 radical (unpaired) electrons. The third kappa shape index (κ3) is 1.44. The number of carbonyl (C=O) groups excluding carboxylic acids is 2. The van der Waals surface area contributed by atoms with Gasteiger partial charge in [-0.1, -0.05) is 24.3 Å². The van der Waals surface area contributed by atoms with Crippen LogP contribution >= 0.6 is 12.6 Å². The summed E-state index contributed by atoms with van der Waals surface area (Å²) in [6.45, 7) is 1.88. The van der Waals surface area contributed by atoms with E-state index in [1.807, 2.05) is 6.92 Å². The molecule has 18 heavy (non-hydrogen) atoms. The number of hydrogen-bond acceptors (Lipinski definition) is 3. The minimum atomic E-state index is -0.101. The number of fused-ring (bicyclic) bond motifs is 2. The van der Waals surface area contributed by atoms with Gasteiger partial charge in [-0.05, 0) is 24.6 Å². The lowest BCUT2D eigenvalue weighted by Gasteiger charge is -2.18. The average Bonchev–Trinajstić information content (AvgIpc) is 2.38. The van der Waals surface area contributed by atoms with Gasteiger partial charge < -0.3 is 0 Å². The van der Waals surface area contributed by atoms with E-state index in [1.165, 1.54) is 0 Å². The summed E-state index contributed by atoms with van der Waals surface area (Å²) in [7, 11) is 0. The summed E-state index contributed by atoms with van der Waals surface area (Å²) in [5.74, 6) is -0.188. The van der Waals surface area contributed by atoms with Gasteiger partial charge in [0.2, 0.25) is 0 Å². The molecule has 3 heteroatoms. The number of aryl methyl sites for hydroxylation is 1. The lowest BCUT2D eigenvalue weighted by atomic mass is 9.83. The number of rotatable bonds is 0. The molecule has 0 bridgehead atoms. The summed E-state index contributed by atoms with van der Waals surface area (Å²) in [5, 5.41) is 0. The van der Waals surface area contributed by atoms with E-state index < -0.39 is 0 Å². The molecular weight excluding hydrogens is 244 g/mol. The largest absolute Gasteiger partial charge is 0.289 e. The van der Waals surface area contributed by atoms with Crippen molar-refractivity contribution in [2.75, 3.05) is 0 Å². The molecular formula is C15H10O2S. The Kier molecular flexibility index (Phi) is 2.38. The van der Waals surface area contributed by atoms with Crippen LogP contribution in [0.2, 0.25) is 0 Å². The Morgan fingerprint density at radius 2 is 1.33 bits per heavy atom. The molecule has 1 aliphatic carbocycles. The SMILES string of the molecule is Cc1cc2c(cc1S)C(=O)c1ccccc1C2=O. The molecule has 3 rings (SSSR count). The van der Waals surface area contributed by atoms with Gasteiger partial charge in [-0.15, -0.1) is 12.6 Å². The van der Waals surface area contributed by atoms with Crippen molar-refractivity contribution in [3.8, 4) is 0 Å². The van der Waals surface area contributed by atoms with Gasteiger partial charge in [0.05, 0.1) is 0 Å². The maximum absolute atomic E-state index is 12.3. The maximum Gasteiger partial charge on any atom is 0.194 e. The zero-order valence-corrected chi connectivity index (χ0v) is 10.6. The molecule has 0 amide bonds. The summed E-state index contributed by atoms with van der Waals surface area (Å²) in [5.41, 5.74) is 2.80. The number of carbonyl (C=O) groups is 2. The van der Waals surface area contributed by atoms with Gasteiger partial charge in [0, 0.05) is 27.1 Å². The van der Waals surface area contributed by atoms with Crippen LogP contribution in [-0.4, -0.2) is 11.6 Å². The van der Waals surface area contributed by atoms with E-state index in [1.54, 1.807) is 36.4 Å². The fraction of sp³-hybridized carbons (Fsp3) is 0.0667. The second-order valence-corrected chi connectivity index (χ2v) is 4.87. The maximum atomic E-state index is 12.3. The molecule has 0 saturated heterocycles. The fourth-order valence-electron chi connectivity index (χ4n) is 2.24. The third-order valence-corrected chi connectivity index (χ3v) is 3.72. The monoisotopic (exact) mass is 254 g/mol. The van der Waals surface area contributed by atoms with Crippen LogP contribution in [0.25, 0.3) is 0 Å². The van der Waals surface area contributed by atoms with E-state index in [9.17, 15) is 9.59 Å². The minimum Gasteiger partial charge on any atom is -0.289 e. The second kappa shape index (κ2) is 3.82. The van der Waals surface area contributed by atoms with Crippen LogP contribution in [0, 0.1) is 6.92 Å². The minimum absolute atomic E-state index is 0.0865. The van der Waals surface area contributed by atoms with Crippen LogP contribution in [0.15, 0.2) is 41.3 Å². The Bertz CT molecular complexity index is 642. The number of hydrogen-bond donors (Lipinski definition) is 1. The zero-order chi connectivity index (χ0) is 12.9. The van der Waals surface area contributed by atoms with Crippen molar-refractivity contribution >= 4 is 24.2 Å². The van der Waals surface area contributed by atoms with Crippen molar-refractivity contribution < 1.29 is 9.59 Å². The smallest absolute Gasteiger partial charge is 0.194 e. The summed E-state index contributed by atoms with van der Waals surface area (Å²) >= 11 is 4.31. The molecule has 0 spiro atoms. The molecule has 88 valence electrons. The zero-order valence-electron chi connectivity index (χ0n) is 9.73. The summed E-state index contributed by atoms with van der Waals surface area (Å²) < 4.78 is 0. The van der Waals surface area contributed by atoms with Crippen molar-refractivity contribution in [1.82, 2.24) is 0 Å². The van der Waals surface area contributed by atoms with Crippen LogP contribution < -0.4 is 0 Å². The van der Waals surface area contributed by atoms with Gasteiger partial charge in [-0.25, -0.2) is 0 Å². The molecule has 0 fully saturated rings. The predicted octanol–water partition coefficient (Wildman–Crippen LogP) is 3.06. The van der Waals surface area contributed by atoms with Crippen molar-refractivity contribution in [2.45, 2.75) is 11.8 Å². The molecule has 0 saturated carbocycles. The number of thiol groups is 1.